The summed E-state index contributed by atoms with van der Waals surface area (Å²) < 4.78 is 5.16. The van der Waals surface area contributed by atoms with Gasteiger partial charge in [0.15, 0.2) is 0 Å². The van der Waals surface area contributed by atoms with Crippen LogP contribution in [0.2, 0.25) is 5.02 Å². The summed E-state index contributed by atoms with van der Waals surface area (Å²) in [5, 5.41) is 3.74. The third-order valence-corrected chi connectivity index (χ3v) is 3.66. The van der Waals surface area contributed by atoms with E-state index in [0.29, 0.717) is 16.7 Å². The first-order chi connectivity index (χ1) is 11.2. The molecule has 1 aromatic heterocycles. The summed E-state index contributed by atoms with van der Waals surface area (Å²) >= 11 is 6.15. The smallest absolute Gasteiger partial charge is 0.229 e. The van der Waals surface area contributed by atoms with Gasteiger partial charge in [0, 0.05) is 25.0 Å². The molecule has 124 valence electrons. The minimum Gasteiger partial charge on any atom is -0.495 e. The average molecular weight is 335 g/mol. The number of anilines is 3. The van der Waals surface area contributed by atoms with Crippen LogP contribution in [-0.4, -0.2) is 30.2 Å². The van der Waals surface area contributed by atoms with Crippen molar-refractivity contribution in [3.63, 3.8) is 0 Å². The van der Waals surface area contributed by atoms with E-state index >= 15 is 0 Å². The fourth-order valence-electron chi connectivity index (χ4n) is 2.34. The molecule has 6 heteroatoms. The molecule has 0 aliphatic heterocycles. The summed E-state index contributed by atoms with van der Waals surface area (Å²) in [4.78, 5) is 11.2. The molecule has 1 N–H and O–H groups in total. The summed E-state index contributed by atoms with van der Waals surface area (Å²) in [6, 6.07) is 7.44. The van der Waals surface area contributed by atoms with Crippen molar-refractivity contribution in [2.45, 2.75) is 26.7 Å². The largest absolute Gasteiger partial charge is 0.495 e. The predicted octanol–water partition coefficient (Wildman–Crippen LogP) is 4.51. The van der Waals surface area contributed by atoms with Gasteiger partial charge in [-0.2, -0.15) is 4.98 Å². The van der Waals surface area contributed by atoms with Crippen molar-refractivity contribution in [3.05, 3.63) is 35.5 Å². The van der Waals surface area contributed by atoms with Gasteiger partial charge in [-0.05, 0) is 37.1 Å². The maximum Gasteiger partial charge on any atom is 0.229 e. The molecule has 0 saturated carbocycles. The molecule has 1 aromatic carbocycles. The lowest BCUT2D eigenvalue weighted by Crippen LogP contribution is -2.26. The number of hydrogen-bond donors (Lipinski definition) is 1. The second kappa shape index (κ2) is 8.58. The molecule has 23 heavy (non-hydrogen) atoms. The number of aromatic nitrogens is 2. The van der Waals surface area contributed by atoms with Gasteiger partial charge in [-0.15, -0.1) is 0 Å². The van der Waals surface area contributed by atoms with Crippen molar-refractivity contribution >= 4 is 29.1 Å². The molecule has 0 fully saturated rings. The van der Waals surface area contributed by atoms with Gasteiger partial charge in [-0.1, -0.05) is 25.4 Å². The fourth-order valence-corrected chi connectivity index (χ4v) is 2.60. The number of ether oxygens (including phenoxy) is 1. The van der Waals surface area contributed by atoms with Gasteiger partial charge < -0.3 is 15.0 Å². The van der Waals surface area contributed by atoms with Crippen LogP contribution in [0.5, 0.6) is 5.75 Å². The van der Waals surface area contributed by atoms with Crippen LogP contribution >= 0.6 is 11.6 Å². The van der Waals surface area contributed by atoms with E-state index in [4.69, 9.17) is 16.3 Å². The summed E-state index contributed by atoms with van der Waals surface area (Å²) in [6.45, 7) is 6.31. The van der Waals surface area contributed by atoms with Crippen molar-refractivity contribution in [2.24, 2.45) is 0 Å². The van der Waals surface area contributed by atoms with E-state index in [1.54, 1.807) is 19.4 Å². The van der Waals surface area contributed by atoms with Crippen molar-refractivity contribution in [1.82, 2.24) is 9.97 Å². The first kappa shape index (κ1) is 17.3. The first-order valence-electron chi connectivity index (χ1n) is 7.86. The Bertz CT molecular complexity index is 630. The second-order valence-electron chi connectivity index (χ2n) is 5.20. The fraction of sp³-hybridized carbons (Fsp3) is 0.412. The number of nitrogens with one attached hydrogen (secondary N) is 1. The van der Waals surface area contributed by atoms with Crippen LogP contribution in [0.4, 0.5) is 17.5 Å². The van der Waals surface area contributed by atoms with Crippen LogP contribution in [0.25, 0.3) is 0 Å². The van der Waals surface area contributed by atoms with Crippen molar-refractivity contribution in [2.75, 3.05) is 30.4 Å². The van der Waals surface area contributed by atoms with E-state index in [9.17, 15) is 0 Å². The quantitative estimate of drug-likeness (QED) is 0.769. The zero-order chi connectivity index (χ0) is 16.7. The Hall–Kier alpha value is -2.01. The molecule has 0 saturated heterocycles. The molecule has 1 heterocycles. The standard InChI is InChI=1S/C17H23ClN4O/c1-4-10-22(11-5-2)16-8-9-19-17(21-16)20-13-6-7-15(23-3)14(18)12-13/h6-9,12H,4-5,10-11H2,1-3H3,(H,19,20,21). The normalized spacial score (nSPS) is 10.4. The van der Waals surface area contributed by atoms with E-state index in [1.807, 2.05) is 18.2 Å². The third-order valence-electron chi connectivity index (χ3n) is 3.36. The lowest BCUT2D eigenvalue weighted by atomic mass is 10.3. The Morgan fingerprint density at radius 2 is 1.91 bits per heavy atom. The minimum absolute atomic E-state index is 0.548. The number of halogens is 1. The highest BCUT2D eigenvalue weighted by Gasteiger charge is 2.08. The van der Waals surface area contributed by atoms with E-state index in [2.05, 4.69) is 34.0 Å². The molecule has 0 radical (unpaired) electrons. The second-order valence-corrected chi connectivity index (χ2v) is 5.61. The van der Waals surface area contributed by atoms with Gasteiger partial charge in [0.25, 0.3) is 0 Å². The lowest BCUT2D eigenvalue weighted by Gasteiger charge is -2.22. The Morgan fingerprint density at radius 3 is 2.52 bits per heavy atom. The molecule has 0 bridgehead atoms. The zero-order valence-electron chi connectivity index (χ0n) is 13.8. The van der Waals surface area contributed by atoms with Gasteiger partial charge in [0.05, 0.1) is 12.1 Å². The Kier molecular flexibility index (Phi) is 6.47. The minimum atomic E-state index is 0.548. The van der Waals surface area contributed by atoms with E-state index in [0.717, 1.165) is 37.4 Å². The molecule has 0 aliphatic carbocycles. The molecule has 2 rings (SSSR count). The summed E-state index contributed by atoms with van der Waals surface area (Å²) in [5.41, 5.74) is 0.825. The van der Waals surface area contributed by atoms with Crippen LogP contribution < -0.4 is 15.0 Å². The van der Waals surface area contributed by atoms with Crippen molar-refractivity contribution in [3.8, 4) is 5.75 Å². The Morgan fingerprint density at radius 1 is 1.17 bits per heavy atom. The van der Waals surface area contributed by atoms with Gasteiger partial charge in [-0.3, -0.25) is 0 Å². The molecule has 0 aliphatic rings. The van der Waals surface area contributed by atoms with Crippen LogP contribution in [0.1, 0.15) is 26.7 Å². The van der Waals surface area contributed by atoms with Crippen molar-refractivity contribution in [1.29, 1.82) is 0 Å². The molecular formula is C17H23ClN4O. The van der Waals surface area contributed by atoms with Gasteiger partial charge >= 0.3 is 0 Å². The number of rotatable bonds is 8. The number of benzene rings is 1. The van der Waals surface area contributed by atoms with E-state index in [-0.39, 0.29) is 0 Å². The molecule has 0 unspecified atom stereocenters. The molecule has 5 nitrogen and oxygen atoms in total. The topological polar surface area (TPSA) is 50.3 Å². The predicted molar refractivity (Wildman–Crippen MR) is 96.1 cm³/mol. The summed E-state index contributed by atoms with van der Waals surface area (Å²) in [5.74, 6) is 2.13. The Labute approximate surface area is 142 Å². The highest BCUT2D eigenvalue weighted by molar-refractivity contribution is 6.32. The van der Waals surface area contributed by atoms with Gasteiger partial charge in [0.2, 0.25) is 5.95 Å². The average Bonchev–Trinajstić information content (AvgIpc) is 2.55. The highest BCUT2D eigenvalue weighted by atomic mass is 35.5. The van der Waals surface area contributed by atoms with Gasteiger partial charge in [0.1, 0.15) is 11.6 Å². The Balaban J connectivity index is 2.17. The zero-order valence-corrected chi connectivity index (χ0v) is 14.6. The molecule has 0 atom stereocenters. The summed E-state index contributed by atoms with van der Waals surface area (Å²) in [6.07, 6.45) is 3.94. The van der Waals surface area contributed by atoms with E-state index < -0.39 is 0 Å². The molecule has 0 spiro atoms. The monoisotopic (exact) mass is 334 g/mol. The number of methoxy groups -OCH3 is 1. The van der Waals surface area contributed by atoms with Crippen LogP contribution in [-0.2, 0) is 0 Å². The van der Waals surface area contributed by atoms with Gasteiger partial charge in [-0.25, -0.2) is 4.98 Å². The molecule has 0 amide bonds. The lowest BCUT2D eigenvalue weighted by molar-refractivity contribution is 0.415. The summed E-state index contributed by atoms with van der Waals surface area (Å²) in [7, 11) is 1.59. The SMILES string of the molecule is CCCN(CCC)c1ccnc(Nc2ccc(OC)c(Cl)c2)n1. The van der Waals surface area contributed by atoms with Crippen LogP contribution in [0.3, 0.4) is 0 Å². The number of nitrogens with zero attached hydrogens (tertiary/aromatic N) is 3. The maximum absolute atomic E-state index is 6.15. The highest BCUT2D eigenvalue weighted by Crippen LogP contribution is 2.28. The first-order valence-corrected chi connectivity index (χ1v) is 8.24. The third kappa shape index (κ3) is 4.73. The van der Waals surface area contributed by atoms with Crippen molar-refractivity contribution < 1.29 is 4.74 Å². The van der Waals surface area contributed by atoms with Crippen LogP contribution in [0, 0.1) is 0 Å². The molecular weight excluding hydrogens is 312 g/mol. The van der Waals surface area contributed by atoms with E-state index in [1.165, 1.54) is 0 Å². The van der Waals surface area contributed by atoms with Crippen LogP contribution in [0.15, 0.2) is 30.5 Å². The number of hydrogen-bond acceptors (Lipinski definition) is 5. The maximum atomic E-state index is 6.15. The molecule has 2 aromatic rings.